The summed E-state index contributed by atoms with van der Waals surface area (Å²) < 4.78 is 111. The Bertz CT molecular complexity index is 1940. The third kappa shape index (κ3) is 6.07. The number of aromatic carboxylic acids is 1. The van der Waals surface area contributed by atoms with Gasteiger partial charge in [-0.25, -0.2) is 37.3 Å². The lowest BCUT2D eigenvalue weighted by Crippen LogP contribution is -2.31. The average molecular weight is 653 g/mol. The van der Waals surface area contributed by atoms with Gasteiger partial charge < -0.3 is 19.1 Å². The summed E-state index contributed by atoms with van der Waals surface area (Å²) in [5, 5.41) is 9.27. The fourth-order valence-corrected chi connectivity index (χ4v) is 5.43. The van der Waals surface area contributed by atoms with Crippen LogP contribution in [0.5, 0.6) is 5.88 Å². The molecule has 0 saturated carbocycles. The number of hydrogen-bond acceptors (Lipinski definition) is 7. The number of ether oxygens (including phenoxy) is 2. The molecule has 8 nitrogen and oxygen atoms in total. The van der Waals surface area contributed by atoms with Crippen molar-refractivity contribution in [1.29, 1.82) is 0 Å². The summed E-state index contributed by atoms with van der Waals surface area (Å²) in [7, 11) is 0. The van der Waals surface area contributed by atoms with Gasteiger partial charge in [-0.05, 0) is 42.8 Å². The van der Waals surface area contributed by atoms with Crippen molar-refractivity contribution in [2.75, 3.05) is 6.61 Å². The van der Waals surface area contributed by atoms with Gasteiger partial charge in [0.25, 0.3) is 5.88 Å². The molecular weight excluding hydrogens is 633 g/mol. The van der Waals surface area contributed by atoms with Crippen LogP contribution in [0.2, 0.25) is 0 Å². The molecule has 1 aliphatic heterocycles. The van der Waals surface area contributed by atoms with Crippen LogP contribution in [0.15, 0.2) is 42.6 Å². The highest BCUT2D eigenvalue weighted by Gasteiger charge is 2.33. The van der Waals surface area contributed by atoms with E-state index in [1.54, 1.807) is 4.57 Å². The van der Waals surface area contributed by atoms with Crippen molar-refractivity contribution in [1.82, 2.24) is 19.5 Å². The van der Waals surface area contributed by atoms with Crippen LogP contribution >= 0.6 is 11.3 Å². The van der Waals surface area contributed by atoms with E-state index in [9.17, 15) is 27.5 Å². The SMILES string of the molecule is O=C(O)c1ccc2nc(Cc3c(F)cc(-c4ccc(F)c(OCc5ncc(C(F)(F)F)s5)n4)c(F)c3F)n(CC3CCO3)c2c1. The third-order valence-corrected chi connectivity index (χ3v) is 8.11. The molecule has 3 aromatic heterocycles. The predicted octanol–water partition coefficient (Wildman–Crippen LogP) is 6.79. The highest BCUT2D eigenvalue weighted by Crippen LogP contribution is 2.35. The molecule has 0 spiro atoms. The molecule has 45 heavy (non-hydrogen) atoms. The first-order valence-corrected chi connectivity index (χ1v) is 14.0. The molecule has 2 aromatic carbocycles. The van der Waals surface area contributed by atoms with Crippen LogP contribution in [0.25, 0.3) is 22.3 Å². The average Bonchev–Trinajstić information content (AvgIpc) is 3.59. The monoisotopic (exact) mass is 652 g/mol. The number of rotatable bonds is 9. The minimum atomic E-state index is -4.63. The summed E-state index contributed by atoms with van der Waals surface area (Å²) in [6.07, 6.45) is -4.06. The maximum atomic E-state index is 15.5. The molecule has 1 N–H and O–H groups in total. The number of halogens is 7. The van der Waals surface area contributed by atoms with Gasteiger partial charge in [-0.1, -0.05) is 0 Å². The Morgan fingerprint density at radius 1 is 1.07 bits per heavy atom. The molecule has 1 fully saturated rings. The summed E-state index contributed by atoms with van der Waals surface area (Å²) >= 11 is 0.275. The van der Waals surface area contributed by atoms with E-state index in [1.807, 2.05) is 0 Å². The van der Waals surface area contributed by atoms with Crippen molar-refractivity contribution >= 4 is 28.3 Å². The molecule has 6 rings (SSSR count). The summed E-state index contributed by atoms with van der Waals surface area (Å²) in [4.78, 5) is 22.3. The second kappa shape index (κ2) is 11.7. The van der Waals surface area contributed by atoms with Gasteiger partial charge >= 0.3 is 12.1 Å². The van der Waals surface area contributed by atoms with Gasteiger partial charge in [-0.3, -0.25) is 0 Å². The lowest BCUT2D eigenvalue weighted by atomic mass is 10.0. The molecule has 0 bridgehead atoms. The van der Waals surface area contributed by atoms with Gasteiger partial charge in [0.15, 0.2) is 17.5 Å². The number of carbonyl (C=O) groups is 1. The molecule has 0 aliphatic carbocycles. The molecule has 0 amide bonds. The number of imidazole rings is 1. The summed E-state index contributed by atoms with van der Waals surface area (Å²) in [5.74, 6) is -7.04. The molecule has 0 radical (unpaired) electrons. The Labute approximate surface area is 252 Å². The van der Waals surface area contributed by atoms with Gasteiger partial charge in [-0.15, -0.1) is 11.3 Å². The van der Waals surface area contributed by atoms with Crippen molar-refractivity contribution in [3.63, 3.8) is 0 Å². The van der Waals surface area contributed by atoms with Gasteiger partial charge in [-0.2, -0.15) is 13.2 Å². The third-order valence-electron chi connectivity index (χ3n) is 7.10. The Morgan fingerprint density at radius 3 is 2.51 bits per heavy atom. The fourth-order valence-electron chi connectivity index (χ4n) is 4.73. The summed E-state index contributed by atoms with van der Waals surface area (Å²) in [6.45, 7) is 0.148. The Hall–Kier alpha value is -4.57. The summed E-state index contributed by atoms with van der Waals surface area (Å²) in [5.41, 5.74) is -0.987. The molecule has 4 heterocycles. The number of carboxylic acids is 1. The van der Waals surface area contributed by atoms with E-state index in [-0.39, 0.29) is 40.4 Å². The van der Waals surface area contributed by atoms with Crippen molar-refractivity contribution in [2.24, 2.45) is 0 Å². The number of carboxylic acid groups (broad SMARTS) is 1. The highest BCUT2D eigenvalue weighted by atomic mass is 32.1. The molecule has 5 aromatic rings. The largest absolute Gasteiger partial charge is 0.478 e. The van der Waals surface area contributed by atoms with E-state index in [1.165, 1.54) is 18.2 Å². The quantitative estimate of drug-likeness (QED) is 0.138. The van der Waals surface area contributed by atoms with E-state index < -0.39 is 76.0 Å². The second-order valence-electron chi connectivity index (χ2n) is 10.0. The lowest BCUT2D eigenvalue weighted by molar-refractivity contribution is -0.134. The van der Waals surface area contributed by atoms with Gasteiger partial charge in [0.05, 0.1) is 41.1 Å². The molecule has 1 aliphatic rings. The topological polar surface area (TPSA) is 99.4 Å². The van der Waals surface area contributed by atoms with Crippen molar-refractivity contribution in [2.45, 2.75) is 38.3 Å². The van der Waals surface area contributed by atoms with Gasteiger partial charge in [0, 0.05) is 24.2 Å². The second-order valence-corrected chi connectivity index (χ2v) is 11.1. The Morgan fingerprint density at radius 2 is 1.84 bits per heavy atom. The molecule has 1 atom stereocenters. The van der Waals surface area contributed by atoms with Crippen LogP contribution in [-0.2, 0) is 30.5 Å². The van der Waals surface area contributed by atoms with Crippen LogP contribution in [0, 0.1) is 23.3 Å². The van der Waals surface area contributed by atoms with E-state index in [0.717, 1.165) is 12.1 Å². The first-order valence-electron chi connectivity index (χ1n) is 13.2. The van der Waals surface area contributed by atoms with E-state index in [2.05, 4.69) is 15.0 Å². The number of benzene rings is 2. The van der Waals surface area contributed by atoms with E-state index >= 15 is 13.2 Å². The predicted molar refractivity (Wildman–Crippen MR) is 145 cm³/mol. The Kier molecular flexibility index (Phi) is 7.95. The van der Waals surface area contributed by atoms with Crippen molar-refractivity contribution < 1.29 is 50.1 Å². The number of fused-ring (bicyclic) bond motifs is 1. The molecule has 234 valence electrons. The zero-order valence-corrected chi connectivity index (χ0v) is 23.5. The van der Waals surface area contributed by atoms with Crippen molar-refractivity contribution in [3.05, 3.63) is 92.7 Å². The standard InChI is InChI=1S/C29H19F7N4O4S/c30-17-2-4-19(39-27(17)44-12-24-37-10-22(45-24)29(34,35)36)16-8-18(31)15(25(32)26(16)33)9-23-38-20-3-1-13(28(41)42)7-21(20)40(23)11-14-5-6-43-14/h1-4,7-8,10,14H,5-6,9,11-12H2,(H,41,42). The first-order chi connectivity index (χ1) is 21.4. The number of alkyl halides is 3. The number of aromatic nitrogens is 4. The van der Waals surface area contributed by atoms with Gasteiger partial charge in [0.2, 0.25) is 0 Å². The minimum Gasteiger partial charge on any atom is -0.478 e. The zero-order chi connectivity index (χ0) is 32.0. The number of nitrogens with zero attached hydrogens (tertiary/aromatic N) is 4. The van der Waals surface area contributed by atoms with E-state index in [0.29, 0.717) is 36.3 Å². The first kappa shape index (κ1) is 30.5. The molecule has 16 heteroatoms. The highest BCUT2D eigenvalue weighted by molar-refractivity contribution is 7.11. The minimum absolute atomic E-state index is 0.0228. The van der Waals surface area contributed by atoms with Crippen LogP contribution in [0.1, 0.15) is 38.1 Å². The lowest BCUT2D eigenvalue weighted by Gasteiger charge is -2.27. The zero-order valence-electron chi connectivity index (χ0n) is 22.7. The van der Waals surface area contributed by atoms with Crippen LogP contribution in [-0.4, -0.2) is 43.3 Å². The smallest absolute Gasteiger partial charge is 0.427 e. The maximum absolute atomic E-state index is 15.5. The molecule has 1 unspecified atom stereocenters. The van der Waals surface area contributed by atoms with Crippen LogP contribution in [0.4, 0.5) is 30.7 Å². The maximum Gasteiger partial charge on any atom is 0.427 e. The number of pyridine rings is 1. The number of thiazole rings is 1. The molecule has 1 saturated heterocycles. The summed E-state index contributed by atoms with van der Waals surface area (Å²) in [6, 6.07) is 6.63. The van der Waals surface area contributed by atoms with Crippen LogP contribution < -0.4 is 4.74 Å². The number of hydrogen-bond donors (Lipinski definition) is 1. The van der Waals surface area contributed by atoms with E-state index in [4.69, 9.17) is 9.47 Å². The fraction of sp³-hybridized carbons (Fsp3) is 0.241. The van der Waals surface area contributed by atoms with Crippen LogP contribution in [0.3, 0.4) is 0 Å². The van der Waals surface area contributed by atoms with Crippen molar-refractivity contribution in [3.8, 4) is 17.1 Å². The van der Waals surface area contributed by atoms with Gasteiger partial charge in [0.1, 0.15) is 28.1 Å². The Balaban J connectivity index is 1.30. The normalized spacial score (nSPS) is 15.0. The molecular formula is C29H19F7N4O4S.